The van der Waals surface area contributed by atoms with E-state index in [4.69, 9.17) is 5.73 Å². The van der Waals surface area contributed by atoms with E-state index in [-0.39, 0.29) is 12.4 Å². The zero-order chi connectivity index (χ0) is 14.0. The summed E-state index contributed by atoms with van der Waals surface area (Å²) in [6.07, 6.45) is 1.34. The van der Waals surface area contributed by atoms with Crippen molar-refractivity contribution >= 4 is 49.7 Å². The average molecular weight is 392 g/mol. The lowest BCUT2D eigenvalue weighted by atomic mass is 9.95. The van der Waals surface area contributed by atoms with E-state index in [2.05, 4.69) is 20.7 Å². The molecule has 1 rings (SSSR count). The van der Waals surface area contributed by atoms with Gasteiger partial charge in [-0.15, -0.1) is 23.7 Å². The first-order valence-electron chi connectivity index (χ1n) is 5.80. The second-order valence-corrected chi connectivity index (χ2v) is 8.60. The van der Waals surface area contributed by atoms with E-state index in [1.165, 1.54) is 11.3 Å². The molecule has 0 aromatic carbocycles. The number of rotatable bonds is 6. The van der Waals surface area contributed by atoms with Crippen molar-refractivity contribution < 1.29 is 8.42 Å². The molecule has 8 heteroatoms. The van der Waals surface area contributed by atoms with E-state index in [1.54, 1.807) is 6.07 Å². The van der Waals surface area contributed by atoms with E-state index >= 15 is 0 Å². The predicted molar refractivity (Wildman–Crippen MR) is 86.7 cm³/mol. The van der Waals surface area contributed by atoms with Gasteiger partial charge in [0.25, 0.3) is 10.0 Å². The molecule has 0 amide bonds. The van der Waals surface area contributed by atoms with Gasteiger partial charge in [0.1, 0.15) is 4.21 Å². The summed E-state index contributed by atoms with van der Waals surface area (Å²) in [5.41, 5.74) is 6.09. The van der Waals surface area contributed by atoms with Crippen LogP contribution < -0.4 is 10.5 Å². The van der Waals surface area contributed by atoms with E-state index in [0.717, 1.165) is 9.35 Å². The van der Waals surface area contributed by atoms with Gasteiger partial charge in [-0.25, -0.2) is 13.1 Å². The fourth-order valence-corrected chi connectivity index (χ4v) is 5.40. The number of hydrogen-bond acceptors (Lipinski definition) is 4. The molecule has 19 heavy (non-hydrogen) atoms. The maximum absolute atomic E-state index is 12.3. The van der Waals surface area contributed by atoms with Crippen LogP contribution in [0.2, 0.25) is 0 Å². The molecule has 0 aliphatic carbocycles. The molecule has 0 aliphatic heterocycles. The molecule has 0 fully saturated rings. The first kappa shape index (κ1) is 19.3. The SMILES string of the molecule is CCC(CC)(CN)NS(=O)(=O)c1cc(C)c(Br)s1.Cl. The molecular formula is C11H20BrClN2O2S2. The average Bonchev–Trinajstić information content (AvgIpc) is 2.68. The highest BCUT2D eigenvalue weighted by Gasteiger charge is 2.31. The van der Waals surface area contributed by atoms with Gasteiger partial charge in [0, 0.05) is 12.1 Å². The minimum absolute atomic E-state index is 0. The van der Waals surface area contributed by atoms with Crippen molar-refractivity contribution in [1.82, 2.24) is 4.72 Å². The molecule has 0 saturated heterocycles. The van der Waals surface area contributed by atoms with Gasteiger partial charge in [0.15, 0.2) is 0 Å². The Morgan fingerprint density at radius 1 is 1.42 bits per heavy atom. The molecule has 1 aromatic rings. The van der Waals surface area contributed by atoms with Gasteiger partial charge in [-0.05, 0) is 47.3 Å². The highest BCUT2D eigenvalue weighted by atomic mass is 79.9. The van der Waals surface area contributed by atoms with Gasteiger partial charge >= 0.3 is 0 Å². The molecule has 0 unspecified atom stereocenters. The van der Waals surface area contributed by atoms with Gasteiger partial charge < -0.3 is 5.73 Å². The quantitative estimate of drug-likeness (QED) is 0.783. The number of halogens is 2. The van der Waals surface area contributed by atoms with E-state index in [9.17, 15) is 8.42 Å². The number of aryl methyl sites for hydroxylation is 1. The molecule has 0 bridgehead atoms. The second-order valence-electron chi connectivity index (χ2n) is 4.32. The van der Waals surface area contributed by atoms with Crippen LogP contribution in [0.5, 0.6) is 0 Å². The molecule has 0 radical (unpaired) electrons. The number of sulfonamides is 1. The summed E-state index contributed by atoms with van der Waals surface area (Å²) in [5.74, 6) is 0. The fourth-order valence-electron chi connectivity index (χ4n) is 1.62. The fraction of sp³-hybridized carbons (Fsp3) is 0.636. The van der Waals surface area contributed by atoms with Gasteiger partial charge in [-0.1, -0.05) is 13.8 Å². The molecule has 0 saturated carbocycles. The molecule has 0 spiro atoms. The summed E-state index contributed by atoms with van der Waals surface area (Å²) >= 11 is 4.56. The van der Waals surface area contributed by atoms with Crippen LogP contribution in [0.15, 0.2) is 14.1 Å². The Morgan fingerprint density at radius 3 is 2.26 bits per heavy atom. The number of hydrogen-bond donors (Lipinski definition) is 2. The Morgan fingerprint density at radius 2 is 1.95 bits per heavy atom. The van der Waals surface area contributed by atoms with E-state index in [1.807, 2.05) is 20.8 Å². The maximum atomic E-state index is 12.3. The lowest BCUT2D eigenvalue weighted by Gasteiger charge is -2.30. The van der Waals surface area contributed by atoms with Crippen LogP contribution in [0, 0.1) is 6.92 Å². The van der Waals surface area contributed by atoms with E-state index < -0.39 is 15.6 Å². The van der Waals surface area contributed by atoms with Crippen molar-refractivity contribution in [2.24, 2.45) is 5.73 Å². The maximum Gasteiger partial charge on any atom is 0.250 e. The summed E-state index contributed by atoms with van der Waals surface area (Å²) in [5, 5.41) is 0. The molecule has 1 aromatic heterocycles. The van der Waals surface area contributed by atoms with Crippen LogP contribution in [0.3, 0.4) is 0 Å². The minimum Gasteiger partial charge on any atom is -0.329 e. The largest absolute Gasteiger partial charge is 0.329 e. The lowest BCUT2D eigenvalue weighted by molar-refractivity contribution is 0.363. The highest BCUT2D eigenvalue weighted by molar-refractivity contribution is 9.11. The molecule has 112 valence electrons. The summed E-state index contributed by atoms with van der Waals surface area (Å²) in [6.45, 7) is 6.04. The Bertz CT molecular complexity index is 485. The summed E-state index contributed by atoms with van der Waals surface area (Å²) < 4.78 is 28.5. The first-order valence-corrected chi connectivity index (χ1v) is 8.89. The third kappa shape index (κ3) is 4.41. The van der Waals surface area contributed by atoms with Gasteiger partial charge in [-0.2, -0.15) is 0 Å². The van der Waals surface area contributed by atoms with Crippen LogP contribution in [-0.2, 0) is 10.0 Å². The molecule has 0 atom stereocenters. The number of nitrogens with two attached hydrogens (primary N) is 1. The number of thiophene rings is 1. The van der Waals surface area contributed by atoms with Gasteiger partial charge in [-0.3, -0.25) is 0 Å². The van der Waals surface area contributed by atoms with Crippen molar-refractivity contribution in [3.63, 3.8) is 0 Å². The zero-order valence-electron chi connectivity index (χ0n) is 11.2. The van der Waals surface area contributed by atoms with Crippen LogP contribution in [0.1, 0.15) is 32.3 Å². The van der Waals surface area contributed by atoms with Crippen LogP contribution >= 0.6 is 39.7 Å². The van der Waals surface area contributed by atoms with Crippen molar-refractivity contribution in [2.75, 3.05) is 6.54 Å². The van der Waals surface area contributed by atoms with Crippen molar-refractivity contribution in [3.05, 3.63) is 15.4 Å². The molecule has 3 N–H and O–H groups in total. The zero-order valence-corrected chi connectivity index (χ0v) is 15.2. The summed E-state index contributed by atoms with van der Waals surface area (Å²) in [7, 11) is -3.50. The normalized spacial score (nSPS) is 12.3. The van der Waals surface area contributed by atoms with Crippen LogP contribution in [-0.4, -0.2) is 20.5 Å². The first-order chi connectivity index (χ1) is 8.30. The monoisotopic (exact) mass is 390 g/mol. The van der Waals surface area contributed by atoms with Crippen molar-refractivity contribution in [1.29, 1.82) is 0 Å². The van der Waals surface area contributed by atoms with Crippen LogP contribution in [0.4, 0.5) is 0 Å². The molecule has 4 nitrogen and oxygen atoms in total. The Labute approximate surface area is 133 Å². The van der Waals surface area contributed by atoms with E-state index in [0.29, 0.717) is 23.6 Å². The van der Waals surface area contributed by atoms with Gasteiger partial charge in [0.2, 0.25) is 0 Å². The smallest absolute Gasteiger partial charge is 0.250 e. The lowest BCUT2D eigenvalue weighted by Crippen LogP contribution is -2.52. The molecule has 1 heterocycles. The summed E-state index contributed by atoms with van der Waals surface area (Å²) in [6, 6.07) is 1.67. The van der Waals surface area contributed by atoms with Crippen molar-refractivity contribution in [2.45, 2.75) is 43.4 Å². The third-order valence-corrected chi connectivity index (χ3v) is 7.38. The standard InChI is InChI=1S/C11H19BrN2O2S2.ClH/c1-4-11(5-2,7-13)14-18(15,16)9-6-8(3)10(12)17-9;/h6,14H,4-5,7,13H2,1-3H3;1H. The second kappa shape index (κ2) is 7.38. The Balaban J connectivity index is 0.00000324. The predicted octanol–water partition coefficient (Wildman–Crippen LogP) is 3.04. The Hall–Kier alpha value is 0.340. The molecule has 0 aliphatic rings. The van der Waals surface area contributed by atoms with Crippen molar-refractivity contribution in [3.8, 4) is 0 Å². The molecular weight excluding hydrogens is 372 g/mol. The topological polar surface area (TPSA) is 72.2 Å². The summed E-state index contributed by atoms with van der Waals surface area (Å²) in [4.78, 5) is 0. The highest BCUT2D eigenvalue weighted by Crippen LogP contribution is 2.31. The number of nitrogens with one attached hydrogen (secondary N) is 1. The Kier molecular flexibility index (Phi) is 7.51. The van der Waals surface area contributed by atoms with Crippen LogP contribution in [0.25, 0.3) is 0 Å². The third-order valence-electron chi connectivity index (χ3n) is 3.19. The minimum atomic E-state index is -3.50. The van der Waals surface area contributed by atoms with Gasteiger partial charge in [0.05, 0.1) is 3.79 Å².